The second-order valence-electron chi connectivity index (χ2n) is 9.91. The number of fused-ring (bicyclic) bond motifs is 1. The number of carboxylic acid groups (broad SMARTS) is 2. The quantitative estimate of drug-likeness (QED) is 0.438. The summed E-state index contributed by atoms with van der Waals surface area (Å²) < 4.78 is 6.43. The number of para-hydroxylation sites is 2. The van der Waals surface area contributed by atoms with E-state index >= 15 is 0 Å². The lowest BCUT2D eigenvalue weighted by Crippen LogP contribution is -2.57. The Morgan fingerprint density at radius 1 is 0.846 bits per heavy atom. The molecule has 9 heteroatoms. The van der Waals surface area contributed by atoms with E-state index in [1.54, 1.807) is 0 Å². The van der Waals surface area contributed by atoms with Crippen molar-refractivity contribution in [2.45, 2.75) is 36.9 Å². The molecule has 202 valence electrons. The van der Waals surface area contributed by atoms with Crippen molar-refractivity contribution in [2.24, 2.45) is 0 Å². The van der Waals surface area contributed by atoms with E-state index in [1.807, 2.05) is 24.3 Å². The molecule has 3 N–H and O–H groups in total. The van der Waals surface area contributed by atoms with E-state index < -0.39 is 17.5 Å². The molecular formula is C30H31N3O6. The number of carbonyl (C=O) groups is 3. The van der Waals surface area contributed by atoms with Crippen LogP contribution in [-0.2, 0) is 14.4 Å². The van der Waals surface area contributed by atoms with Crippen LogP contribution in [0.25, 0.3) is 0 Å². The molecule has 0 aliphatic carbocycles. The smallest absolute Gasteiger partial charge is 0.414 e. The molecule has 0 saturated carbocycles. The van der Waals surface area contributed by atoms with Crippen LogP contribution in [0.3, 0.4) is 0 Å². The van der Waals surface area contributed by atoms with Gasteiger partial charge in [-0.3, -0.25) is 9.69 Å². The number of aliphatic carboxylic acids is 2. The molecule has 0 bridgehead atoms. The van der Waals surface area contributed by atoms with Gasteiger partial charge in [0.25, 0.3) is 0 Å². The first-order valence-corrected chi connectivity index (χ1v) is 13.0. The molecule has 2 saturated heterocycles. The van der Waals surface area contributed by atoms with Gasteiger partial charge in [-0.1, -0.05) is 66.7 Å². The van der Waals surface area contributed by atoms with Gasteiger partial charge in [-0.15, -0.1) is 0 Å². The van der Waals surface area contributed by atoms with E-state index in [9.17, 15) is 4.79 Å². The summed E-state index contributed by atoms with van der Waals surface area (Å²) >= 11 is 0. The van der Waals surface area contributed by atoms with E-state index in [0.29, 0.717) is 6.67 Å². The van der Waals surface area contributed by atoms with Gasteiger partial charge in [0, 0.05) is 36.8 Å². The van der Waals surface area contributed by atoms with Crippen LogP contribution in [0.15, 0.2) is 84.9 Å². The SMILES string of the molecule is O=C(O)C(=O)O.O=C1NCN(c2ccccc2)C12CCN([C@H]1C[C@@H](c3ccccc3)Oc3ccccc31)CC2. The topological polar surface area (TPSA) is 119 Å². The first kappa shape index (κ1) is 26.2. The minimum Gasteiger partial charge on any atom is -0.485 e. The molecule has 3 aliphatic heterocycles. The normalized spacial score (nSPS) is 21.6. The van der Waals surface area contributed by atoms with E-state index in [2.05, 4.69) is 75.8 Å². The second kappa shape index (κ2) is 11.2. The third-order valence-electron chi connectivity index (χ3n) is 7.81. The van der Waals surface area contributed by atoms with Crippen molar-refractivity contribution in [3.8, 4) is 5.75 Å². The Balaban J connectivity index is 0.000000465. The highest BCUT2D eigenvalue weighted by atomic mass is 16.5. The van der Waals surface area contributed by atoms with Gasteiger partial charge in [-0.25, -0.2) is 9.59 Å². The summed E-state index contributed by atoms with van der Waals surface area (Å²) in [7, 11) is 0. The number of rotatable bonds is 3. The van der Waals surface area contributed by atoms with Crippen molar-refractivity contribution < 1.29 is 29.3 Å². The maximum Gasteiger partial charge on any atom is 0.414 e. The van der Waals surface area contributed by atoms with Crippen LogP contribution in [0.1, 0.15) is 42.5 Å². The van der Waals surface area contributed by atoms with E-state index in [0.717, 1.165) is 43.8 Å². The number of likely N-dealkylation sites (tertiary alicyclic amines) is 1. The standard InChI is InChI=1S/C28H29N3O2.C2H2O4/c32-27-28(31(20-29-27)22-11-5-2-6-12-22)15-17-30(18-16-28)24-19-26(21-9-3-1-4-10-21)33-25-14-8-7-13-23(24)25;3-1(4)2(5)6/h1-14,24,26H,15-20H2,(H,29,32);(H,3,4)(H,5,6)/t24-,26-;/m0./s1. The van der Waals surface area contributed by atoms with Crippen LogP contribution >= 0.6 is 0 Å². The first-order valence-electron chi connectivity index (χ1n) is 13.0. The van der Waals surface area contributed by atoms with Gasteiger partial charge < -0.3 is 25.2 Å². The zero-order valence-electron chi connectivity index (χ0n) is 21.4. The summed E-state index contributed by atoms with van der Waals surface area (Å²) in [6.45, 7) is 2.35. The lowest BCUT2D eigenvalue weighted by atomic mass is 9.83. The van der Waals surface area contributed by atoms with Crippen molar-refractivity contribution in [1.29, 1.82) is 0 Å². The molecular weight excluding hydrogens is 498 g/mol. The number of ether oxygens (including phenoxy) is 1. The highest BCUT2D eigenvalue weighted by Gasteiger charge is 2.51. The highest BCUT2D eigenvalue weighted by molar-refractivity contribution is 6.27. The van der Waals surface area contributed by atoms with Gasteiger partial charge in [0.15, 0.2) is 0 Å². The summed E-state index contributed by atoms with van der Waals surface area (Å²) in [6, 6.07) is 29.6. The zero-order chi connectivity index (χ0) is 27.4. The number of amides is 1. The average molecular weight is 530 g/mol. The number of anilines is 1. The number of nitrogens with zero attached hydrogens (tertiary/aromatic N) is 2. The summed E-state index contributed by atoms with van der Waals surface area (Å²) in [6.07, 6.45) is 2.60. The van der Waals surface area contributed by atoms with Crippen molar-refractivity contribution in [3.63, 3.8) is 0 Å². The van der Waals surface area contributed by atoms with Crippen LogP contribution in [0, 0.1) is 0 Å². The molecule has 2 fully saturated rings. The van der Waals surface area contributed by atoms with Crippen LogP contribution < -0.4 is 15.0 Å². The number of piperidine rings is 1. The molecule has 0 aromatic heterocycles. The van der Waals surface area contributed by atoms with Gasteiger partial charge >= 0.3 is 11.9 Å². The lowest BCUT2D eigenvalue weighted by Gasteiger charge is -2.47. The predicted molar refractivity (Wildman–Crippen MR) is 144 cm³/mol. The summed E-state index contributed by atoms with van der Waals surface area (Å²) in [5.41, 5.74) is 3.14. The third-order valence-corrected chi connectivity index (χ3v) is 7.81. The highest BCUT2D eigenvalue weighted by Crippen LogP contribution is 2.46. The molecule has 3 aromatic rings. The Morgan fingerprint density at radius 2 is 1.44 bits per heavy atom. The molecule has 3 aromatic carbocycles. The van der Waals surface area contributed by atoms with Crippen LogP contribution in [0.4, 0.5) is 5.69 Å². The Bertz CT molecular complexity index is 1310. The number of benzene rings is 3. The largest absolute Gasteiger partial charge is 0.485 e. The molecule has 0 unspecified atom stereocenters. The third kappa shape index (κ3) is 5.31. The molecule has 9 nitrogen and oxygen atoms in total. The zero-order valence-corrected chi connectivity index (χ0v) is 21.4. The van der Waals surface area contributed by atoms with Crippen molar-refractivity contribution in [3.05, 3.63) is 96.1 Å². The van der Waals surface area contributed by atoms with Gasteiger partial charge in [0.05, 0.1) is 6.67 Å². The fourth-order valence-corrected chi connectivity index (χ4v) is 5.85. The molecule has 3 aliphatic rings. The Hall–Kier alpha value is -4.37. The molecule has 1 spiro atoms. The number of hydrogen-bond acceptors (Lipinski definition) is 6. The van der Waals surface area contributed by atoms with Gasteiger partial charge in [0.1, 0.15) is 17.4 Å². The Labute approximate surface area is 226 Å². The van der Waals surface area contributed by atoms with Gasteiger partial charge in [-0.05, 0) is 36.6 Å². The number of hydrogen-bond donors (Lipinski definition) is 3. The summed E-state index contributed by atoms with van der Waals surface area (Å²) in [5, 5.41) is 17.9. The van der Waals surface area contributed by atoms with Crippen molar-refractivity contribution >= 4 is 23.5 Å². The van der Waals surface area contributed by atoms with Crippen molar-refractivity contribution in [2.75, 3.05) is 24.7 Å². The second-order valence-corrected chi connectivity index (χ2v) is 9.91. The van der Waals surface area contributed by atoms with E-state index in [-0.39, 0.29) is 18.1 Å². The van der Waals surface area contributed by atoms with Gasteiger partial charge in [-0.2, -0.15) is 0 Å². The Morgan fingerprint density at radius 3 is 2.08 bits per heavy atom. The van der Waals surface area contributed by atoms with Gasteiger partial charge in [0.2, 0.25) is 5.91 Å². The maximum absolute atomic E-state index is 13.1. The fraction of sp³-hybridized carbons (Fsp3) is 0.300. The molecule has 1 amide bonds. The molecule has 6 rings (SSSR count). The van der Waals surface area contributed by atoms with E-state index in [4.69, 9.17) is 24.5 Å². The Kier molecular flexibility index (Phi) is 7.51. The molecule has 0 radical (unpaired) electrons. The van der Waals surface area contributed by atoms with Crippen molar-refractivity contribution in [1.82, 2.24) is 10.2 Å². The summed E-state index contributed by atoms with van der Waals surface area (Å²) in [4.78, 5) is 36.1. The first-order chi connectivity index (χ1) is 18.9. The lowest BCUT2D eigenvalue weighted by molar-refractivity contribution is -0.159. The minimum atomic E-state index is -1.82. The number of carboxylic acids is 2. The average Bonchev–Trinajstić information content (AvgIpc) is 3.29. The fourth-order valence-electron chi connectivity index (χ4n) is 5.85. The maximum atomic E-state index is 13.1. The van der Waals surface area contributed by atoms with Crippen LogP contribution in [-0.4, -0.2) is 58.3 Å². The van der Waals surface area contributed by atoms with E-state index in [1.165, 1.54) is 11.1 Å². The monoisotopic (exact) mass is 529 g/mol. The minimum absolute atomic E-state index is 0.0394. The summed E-state index contributed by atoms with van der Waals surface area (Å²) in [5.74, 6) is -2.50. The number of carbonyl (C=O) groups excluding carboxylic acids is 1. The predicted octanol–water partition coefficient (Wildman–Crippen LogP) is 3.84. The molecule has 39 heavy (non-hydrogen) atoms. The van der Waals surface area contributed by atoms with Crippen LogP contribution in [0.5, 0.6) is 5.75 Å². The molecule has 3 heterocycles. The number of nitrogens with one attached hydrogen (secondary N) is 1. The molecule has 2 atom stereocenters. The van der Waals surface area contributed by atoms with Crippen LogP contribution in [0.2, 0.25) is 0 Å².